The van der Waals surface area contributed by atoms with Crippen LogP contribution >= 0.6 is 0 Å². The third-order valence-corrected chi connectivity index (χ3v) is 4.31. The highest BCUT2D eigenvalue weighted by atomic mass is 16.6. The van der Waals surface area contributed by atoms with Gasteiger partial charge in [-0.1, -0.05) is 51.0 Å². The monoisotopic (exact) mass is 352 g/mol. The number of hydrogen-bond donors (Lipinski definition) is 1. The van der Waals surface area contributed by atoms with Crippen molar-refractivity contribution in [1.82, 2.24) is 0 Å². The Balaban J connectivity index is 2.16. The average Bonchev–Trinajstić information content (AvgIpc) is 2.66. The second kappa shape index (κ2) is 10.4. The van der Waals surface area contributed by atoms with Gasteiger partial charge in [-0.25, -0.2) is 0 Å². The molecule has 4 nitrogen and oxygen atoms in total. The van der Waals surface area contributed by atoms with Crippen LogP contribution in [-0.2, 0) is 6.42 Å². The fourth-order valence-corrected chi connectivity index (χ4v) is 2.79. The number of non-ortho nitro benzene ring substituents is 1. The zero-order valence-electron chi connectivity index (χ0n) is 15.7. The van der Waals surface area contributed by atoms with E-state index >= 15 is 0 Å². The Bertz CT molecular complexity index is 736. The second-order valence-electron chi connectivity index (χ2n) is 6.49. The molecule has 0 saturated carbocycles. The minimum atomic E-state index is -0.377. The van der Waals surface area contributed by atoms with Crippen LogP contribution in [0.15, 0.2) is 42.5 Å². The molecule has 0 radical (unpaired) electrons. The molecule has 2 aromatic rings. The first-order valence-electron chi connectivity index (χ1n) is 9.43. The van der Waals surface area contributed by atoms with Gasteiger partial charge in [-0.3, -0.25) is 10.1 Å². The Labute approximate surface area is 156 Å². The summed E-state index contributed by atoms with van der Waals surface area (Å²) in [6.07, 6.45) is 9.96. The van der Waals surface area contributed by atoms with Crippen molar-refractivity contribution in [3.8, 4) is 0 Å². The van der Waals surface area contributed by atoms with Crippen LogP contribution in [0.4, 0.5) is 11.4 Å². The molecule has 0 aliphatic rings. The van der Waals surface area contributed by atoms with Gasteiger partial charge in [0.2, 0.25) is 0 Å². The number of aryl methyl sites for hydroxylation is 1. The minimum Gasteiger partial charge on any atom is -0.385 e. The molecule has 2 aromatic carbocycles. The number of hydrogen-bond acceptors (Lipinski definition) is 3. The van der Waals surface area contributed by atoms with E-state index in [0.717, 1.165) is 36.2 Å². The zero-order chi connectivity index (χ0) is 18.8. The topological polar surface area (TPSA) is 55.2 Å². The molecule has 0 bridgehead atoms. The van der Waals surface area contributed by atoms with Crippen molar-refractivity contribution in [2.24, 2.45) is 0 Å². The molecule has 0 aliphatic carbocycles. The molecule has 0 atom stereocenters. The third kappa shape index (κ3) is 6.03. The van der Waals surface area contributed by atoms with Crippen molar-refractivity contribution in [3.63, 3.8) is 0 Å². The molecule has 1 N–H and O–H groups in total. The Morgan fingerprint density at radius 2 is 1.77 bits per heavy atom. The fourth-order valence-electron chi connectivity index (χ4n) is 2.79. The van der Waals surface area contributed by atoms with Gasteiger partial charge in [-0.2, -0.15) is 0 Å². The van der Waals surface area contributed by atoms with E-state index in [1.165, 1.54) is 37.0 Å². The van der Waals surface area contributed by atoms with Gasteiger partial charge in [0.15, 0.2) is 0 Å². The molecule has 0 amide bonds. The number of unbranched alkanes of at least 4 members (excludes halogenated alkanes) is 2. The first-order chi connectivity index (χ1) is 12.6. The van der Waals surface area contributed by atoms with Gasteiger partial charge in [0.05, 0.1) is 4.92 Å². The number of rotatable bonds is 10. The minimum absolute atomic E-state index is 0.115. The largest absolute Gasteiger partial charge is 0.385 e. The van der Waals surface area contributed by atoms with E-state index < -0.39 is 0 Å². The first-order valence-corrected chi connectivity index (χ1v) is 9.43. The molecular weight excluding hydrogens is 324 g/mol. The van der Waals surface area contributed by atoms with Gasteiger partial charge in [0.1, 0.15) is 0 Å². The summed E-state index contributed by atoms with van der Waals surface area (Å²) < 4.78 is 0. The summed E-state index contributed by atoms with van der Waals surface area (Å²) in [7, 11) is 0. The van der Waals surface area contributed by atoms with E-state index in [9.17, 15) is 10.1 Å². The first kappa shape index (κ1) is 19.7. The number of nitrogens with one attached hydrogen (secondary N) is 1. The summed E-state index contributed by atoms with van der Waals surface area (Å²) in [5, 5.41) is 14.3. The lowest BCUT2D eigenvalue weighted by Gasteiger charge is -2.11. The molecule has 26 heavy (non-hydrogen) atoms. The van der Waals surface area contributed by atoms with Crippen molar-refractivity contribution >= 4 is 23.5 Å². The predicted octanol–water partition coefficient (Wildman–Crippen LogP) is 6.32. The molecule has 0 aliphatic heterocycles. The maximum atomic E-state index is 10.7. The maximum absolute atomic E-state index is 10.7. The molecule has 4 heteroatoms. The normalized spacial score (nSPS) is 11.0. The smallest absolute Gasteiger partial charge is 0.269 e. The van der Waals surface area contributed by atoms with Gasteiger partial charge >= 0.3 is 0 Å². The molecule has 0 aromatic heterocycles. The SMILES string of the molecule is CCCCCc1ccc(C=Cc2ccc([N+](=O)[O-])cc2)c(NCCC)c1. The lowest BCUT2D eigenvalue weighted by molar-refractivity contribution is -0.384. The van der Waals surface area contributed by atoms with Crippen LogP contribution in [0.1, 0.15) is 56.2 Å². The predicted molar refractivity (Wildman–Crippen MR) is 110 cm³/mol. The van der Waals surface area contributed by atoms with Crippen molar-refractivity contribution < 1.29 is 4.92 Å². The molecule has 2 rings (SSSR count). The van der Waals surface area contributed by atoms with E-state index in [4.69, 9.17) is 0 Å². The third-order valence-electron chi connectivity index (χ3n) is 4.31. The van der Waals surface area contributed by atoms with Crippen LogP contribution in [-0.4, -0.2) is 11.5 Å². The van der Waals surface area contributed by atoms with Crippen LogP contribution < -0.4 is 5.32 Å². The summed E-state index contributed by atoms with van der Waals surface area (Å²) in [5.74, 6) is 0. The molecule has 0 fully saturated rings. The Morgan fingerprint density at radius 1 is 1.00 bits per heavy atom. The summed E-state index contributed by atoms with van der Waals surface area (Å²) in [4.78, 5) is 10.4. The molecule has 138 valence electrons. The van der Waals surface area contributed by atoms with Gasteiger partial charge in [-0.05, 0) is 54.2 Å². The number of nitro benzene ring substituents is 1. The average molecular weight is 352 g/mol. The van der Waals surface area contributed by atoms with Gasteiger partial charge < -0.3 is 5.32 Å². The van der Waals surface area contributed by atoms with Crippen LogP contribution in [0, 0.1) is 10.1 Å². The van der Waals surface area contributed by atoms with E-state index in [2.05, 4.69) is 43.4 Å². The zero-order valence-corrected chi connectivity index (χ0v) is 15.7. The fraction of sp³-hybridized carbons (Fsp3) is 0.364. The highest BCUT2D eigenvalue weighted by molar-refractivity contribution is 5.77. The van der Waals surface area contributed by atoms with Crippen molar-refractivity contribution in [2.45, 2.75) is 46.0 Å². The summed E-state index contributed by atoms with van der Waals surface area (Å²) >= 11 is 0. The highest BCUT2D eigenvalue weighted by Gasteiger charge is 2.04. The quantitative estimate of drug-likeness (QED) is 0.235. The molecule has 0 saturated heterocycles. The molecular formula is C22H28N2O2. The van der Waals surface area contributed by atoms with Crippen LogP contribution in [0.25, 0.3) is 12.2 Å². The Hall–Kier alpha value is -2.62. The molecule has 0 heterocycles. The Morgan fingerprint density at radius 3 is 2.42 bits per heavy atom. The second-order valence-corrected chi connectivity index (χ2v) is 6.49. The van der Waals surface area contributed by atoms with Crippen molar-refractivity contribution in [1.29, 1.82) is 0 Å². The Kier molecular flexibility index (Phi) is 7.87. The number of nitro groups is 1. The molecule has 0 spiro atoms. The van der Waals surface area contributed by atoms with E-state index in [0.29, 0.717) is 0 Å². The van der Waals surface area contributed by atoms with Crippen LogP contribution in [0.3, 0.4) is 0 Å². The lowest BCUT2D eigenvalue weighted by atomic mass is 10.0. The van der Waals surface area contributed by atoms with Crippen LogP contribution in [0.2, 0.25) is 0 Å². The van der Waals surface area contributed by atoms with E-state index in [1.807, 2.05) is 6.08 Å². The van der Waals surface area contributed by atoms with E-state index in [-0.39, 0.29) is 10.6 Å². The van der Waals surface area contributed by atoms with Crippen molar-refractivity contribution in [3.05, 3.63) is 69.3 Å². The maximum Gasteiger partial charge on any atom is 0.269 e. The van der Waals surface area contributed by atoms with Gasteiger partial charge in [0, 0.05) is 24.4 Å². The van der Waals surface area contributed by atoms with Gasteiger partial charge in [0.25, 0.3) is 5.69 Å². The van der Waals surface area contributed by atoms with E-state index in [1.54, 1.807) is 12.1 Å². The van der Waals surface area contributed by atoms with Crippen LogP contribution in [0.5, 0.6) is 0 Å². The lowest BCUT2D eigenvalue weighted by Crippen LogP contribution is -2.02. The molecule has 0 unspecified atom stereocenters. The summed E-state index contributed by atoms with van der Waals surface area (Å²) in [6, 6.07) is 13.2. The van der Waals surface area contributed by atoms with Crippen molar-refractivity contribution in [2.75, 3.05) is 11.9 Å². The highest BCUT2D eigenvalue weighted by Crippen LogP contribution is 2.22. The number of nitrogens with zero attached hydrogens (tertiary/aromatic N) is 1. The standard InChI is InChI=1S/C22H28N2O2/c1-3-5-6-7-19-9-13-20(22(17-19)23-16-4-2)12-8-18-10-14-21(15-11-18)24(25)26/h8-15,17,23H,3-7,16H2,1-2H3. The summed E-state index contributed by atoms with van der Waals surface area (Å²) in [6.45, 7) is 5.32. The summed E-state index contributed by atoms with van der Waals surface area (Å²) in [5.41, 5.74) is 4.72. The number of anilines is 1. The van der Waals surface area contributed by atoms with Gasteiger partial charge in [-0.15, -0.1) is 0 Å². The number of benzene rings is 2.